The summed E-state index contributed by atoms with van der Waals surface area (Å²) in [7, 11) is 0. The number of nitriles is 1. The quantitative estimate of drug-likeness (QED) is 0.591. The second-order valence-electron chi connectivity index (χ2n) is 5.62. The largest absolute Gasteiger partial charge is 0.452 e. The lowest BCUT2D eigenvalue weighted by Crippen LogP contribution is -2.50. The lowest BCUT2D eigenvalue weighted by Gasteiger charge is -2.27. The average Bonchev–Trinajstić information content (AvgIpc) is 2.53. The van der Waals surface area contributed by atoms with Crippen molar-refractivity contribution in [2.24, 2.45) is 5.92 Å². The molecule has 0 aliphatic carbocycles. The van der Waals surface area contributed by atoms with Crippen LogP contribution in [0.5, 0.6) is 0 Å². The Hall–Kier alpha value is -2.20. The maximum absolute atomic E-state index is 13.5. The molecule has 128 valence electrons. The molecular formula is C17H18BrFN2O3. The highest BCUT2D eigenvalue weighted by Gasteiger charge is 2.30. The molecule has 1 amide bonds. The average molecular weight is 397 g/mol. The molecule has 0 unspecified atom stereocenters. The Kier molecular flexibility index (Phi) is 7.11. The molecule has 1 N–H and O–H groups in total. The Labute approximate surface area is 148 Å². The van der Waals surface area contributed by atoms with Crippen LogP contribution < -0.4 is 5.32 Å². The van der Waals surface area contributed by atoms with Crippen molar-refractivity contribution in [1.29, 1.82) is 5.26 Å². The van der Waals surface area contributed by atoms with Gasteiger partial charge in [0.1, 0.15) is 11.4 Å². The van der Waals surface area contributed by atoms with Gasteiger partial charge in [-0.25, -0.2) is 9.18 Å². The van der Waals surface area contributed by atoms with Crippen molar-refractivity contribution < 1.29 is 18.7 Å². The number of esters is 1. The van der Waals surface area contributed by atoms with E-state index < -0.39 is 29.8 Å². The van der Waals surface area contributed by atoms with E-state index in [0.717, 1.165) is 6.08 Å². The number of ether oxygens (including phenoxy) is 1. The molecule has 0 aliphatic rings. The van der Waals surface area contributed by atoms with Crippen LogP contribution in [0.1, 0.15) is 26.3 Å². The summed E-state index contributed by atoms with van der Waals surface area (Å²) in [6.07, 6.45) is 2.29. The molecule has 0 bridgehead atoms. The first-order valence-corrected chi connectivity index (χ1v) is 7.99. The zero-order valence-electron chi connectivity index (χ0n) is 13.6. The van der Waals surface area contributed by atoms with Crippen molar-refractivity contribution in [2.45, 2.75) is 26.3 Å². The molecule has 5 nitrogen and oxygen atoms in total. The monoisotopic (exact) mass is 396 g/mol. The van der Waals surface area contributed by atoms with E-state index in [4.69, 9.17) is 10.00 Å². The molecule has 24 heavy (non-hydrogen) atoms. The van der Waals surface area contributed by atoms with Gasteiger partial charge in [-0.2, -0.15) is 5.26 Å². The summed E-state index contributed by atoms with van der Waals surface area (Å²) in [5, 5.41) is 11.6. The van der Waals surface area contributed by atoms with Crippen LogP contribution in [0.2, 0.25) is 0 Å². The van der Waals surface area contributed by atoms with E-state index in [9.17, 15) is 14.0 Å². The number of carbonyl (C=O) groups is 2. The summed E-state index contributed by atoms with van der Waals surface area (Å²) in [4.78, 5) is 23.4. The molecule has 0 heterocycles. The molecule has 0 aromatic heterocycles. The fourth-order valence-electron chi connectivity index (χ4n) is 1.61. The number of carbonyl (C=O) groups excluding carboxylic acids is 2. The fourth-order valence-corrected chi connectivity index (χ4v) is 1.99. The number of benzene rings is 1. The van der Waals surface area contributed by atoms with Crippen LogP contribution in [0, 0.1) is 23.1 Å². The summed E-state index contributed by atoms with van der Waals surface area (Å²) in [5.41, 5.74) is -0.832. The number of hydrogen-bond acceptors (Lipinski definition) is 4. The molecule has 0 spiro atoms. The van der Waals surface area contributed by atoms with Gasteiger partial charge in [-0.05, 0) is 37.1 Å². The fraction of sp³-hybridized carbons (Fsp3) is 0.353. The minimum atomic E-state index is -1.04. The number of halogens is 2. The first-order chi connectivity index (χ1) is 11.2. The zero-order chi connectivity index (χ0) is 18.3. The topological polar surface area (TPSA) is 79.2 Å². The van der Waals surface area contributed by atoms with Crippen molar-refractivity contribution in [3.05, 3.63) is 40.1 Å². The van der Waals surface area contributed by atoms with E-state index in [1.54, 1.807) is 20.8 Å². The minimum Gasteiger partial charge on any atom is -0.452 e. The van der Waals surface area contributed by atoms with E-state index in [2.05, 4.69) is 21.2 Å². The highest BCUT2D eigenvalue weighted by molar-refractivity contribution is 9.10. The van der Waals surface area contributed by atoms with E-state index in [1.165, 1.54) is 24.3 Å². The summed E-state index contributed by atoms with van der Waals surface area (Å²) < 4.78 is 19.0. The van der Waals surface area contributed by atoms with Crippen LogP contribution in [0.3, 0.4) is 0 Å². The lowest BCUT2D eigenvalue weighted by molar-refractivity contribution is -0.144. The normalized spacial score (nSPS) is 13.4. The van der Waals surface area contributed by atoms with E-state index in [1.807, 2.05) is 6.07 Å². The van der Waals surface area contributed by atoms with Crippen LogP contribution >= 0.6 is 15.9 Å². The molecule has 1 rings (SSSR count). The molecule has 0 saturated heterocycles. The Morgan fingerprint density at radius 3 is 2.75 bits per heavy atom. The Bertz CT molecular complexity index is 698. The first kappa shape index (κ1) is 19.8. The highest BCUT2D eigenvalue weighted by atomic mass is 79.9. The predicted molar refractivity (Wildman–Crippen MR) is 91.1 cm³/mol. The SMILES string of the molecule is CC(C)[C@](C)(C#N)NC(=O)COC(=O)/C=C/c1cc(Br)ccc1F. The van der Waals surface area contributed by atoms with Crippen LogP contribution in [0.15, 0.2) is 28.7 Å². The molecule has 7 heteroatoms. The van der Waals surface area contributed by atoms with Crippen LogP contribution in [0.25, 0.3) is 6.08 Å². The first-order valence-electron chi connectivity index (χ1n) is 7.20. The maximum atomic E-state index is 13.5. The molecule has 0 aliphatic heterocycles. The number of nitrogens with zero attached hydrogens (tertiary/aromatic N) is 1. The third-order valence-corrected chi connectivity index (χ3v) is 3.98. The molecular weight excluding hydrogens is 379 g/mol. The second kappa shape index (κ2) is 8.60. The van der Waals surface area contributed by atoms with Crippen molar-refractivity contribution in [3.8, 4) is 6.07 Å². The van der Waals surface area contributed by atoms with Gasteiger partial charge in [-0.15, -0.1) is 0 Å². The molecule has 0 radical (unpaired) electrons. The molecule has 1 aromatic carbocycles. The summed E-state index contributed by atoms with van der Waals surface area (Å²) >= 11 is 3.20. The van der Waals surface area contributed by atoms with Gasteiger partial charge in [0.05, 0.1) is 6.07 Å². The van der Waals surface area contributed by atoms with Crippen LogP contribution in [-0.2, 0) is 14.3 Å². The van der Waals surface area contributed by atoms with Gasteiger partial charge in [0.2, 0.25) is 0 Å². The molecule has 1 aromatic rings. The Balaban J connectivity index is 2.57. The molecule has 1 atom stereocenters. The van der Waals surface area contributed by atoms with Gasteiger partial charge in [0.15, 0.2) is 6.61 Å². The van der Waals surface area contributed by atoms with Gasteiger partial charge in [0.25, 0.3) is 5.91 Å². The van der Waals surface area contributed by atoms with E-state index in [-0.39, 0.29) is 11.5 Å². The third-order valence-electron chi connectivity index (χ3n) is 3.49. The predicted octanol–water partition coefficient (Wildman–Crippen LogP) is 3.20. The van der Waals surface area contributed by atoms with Gasteiger partial charge in [-0.3, -0.25) is 4.79 Å². The summed E-state index contributed by atoms with van der Waals surface area (Å²) in [5.74, 6) is -1.96. The third kappa shape index (κ3) is 5.78. The maximum Gasteiger partial charge on any atom is 0.331 e. The van der Waals surface area contributed by atoms with Crippen molar-refractivity contribution in [2.75, 3.05) is 6.61 Å². The molecule has 0 fully saturated rings. The Morgan fingerprint density at radius 2 is 2.17 bits per heavy atom. The van der Waals surface area contributed by atoms with E-state index >= 15 is 0 Å². The smallest absolute Gasteiger partial charge is 0.331 e. The van der Waals surface area contributed by atoms with Gasteiger partial charge in [-0.1, -0.05) is 29.8 Å². The second-order valence-corrected chi connectivity index (χ2v) is 6.54. The van der Waals surface area contributed by atoms with Gasteiger partial charge < -0.3 is 10.1 Å². The van der Waals surface area contributed by atoms with Gasteiger partial charge in [0, 0.05) is 16.1 Å². The zero-order valence-corrected chi connectivity index (χ0v) is 15.2. The number of rotatable bonds is 6. The van der Waals surface area contributed by atoms with Crippen molar-refractivity contribution in [1.82, 2.24) is 5.32 Å². The lowest BCUT2D eigenvalue weighted by atomic mass is 9.90. The van der Waals surface area contributed by atoms with E-state index in [0.29, 0.717) is 4.47 Å². The molecule has 0 saturated carbocycles. The van der Waals surface area contributed by atoms with Crippen LogP contribution in [0.4, 0.5) is 4.39 Å². The van der Waals surface area contributed by atoms with Crippen molar-refractivity contribution in [3.63, 3.8) is 0 Å². The highest BCUT2D eigenvalue weighted by Crippen LogP contribution is 2.17. The summed E-state index contributed by atoms with van der Waals surface area (Å²) in [6, 6.07) is 6.33. The van der Waals surface area contributed by atoms with Crippen LogP contribution in [-0.4, -0.2) is 24.0 Å². The number of amides is 1. The van der Waals surface area contributed by atoms with Gasteiger partial charge >= 0.3 is 5.97 Å². The summed E-state index contributed by atoms with van der Waals surface area (Å²) in [6.45, 7) is 4.66. The minimum absolute atomic E-state index is 0.110. The number of nitrogens with one attached hydrogen (secondary N) is 1. The Morgan fingerprint density at radius 1 is 1.50 bits per heavy atom. The van der Waals surface area contributed by atoms with Crippen molar-refractivity contribution >= 4 is 33.9 Å². The number of hydrogen-bond donors (Lipinski definition) is 1. The standard InChI is InChI=1S/C17H18BrFN2O3/c1-11(2)17(3,10-20)21-15(22)9-24-16(23)7-4-12-8-13(18)5-6-14(12)19/h4-8,11H,9H2,1-3H3,(H,21,22)/b7-4+/t17-/m0/s1.